The number of amides is 1. The molecule has 118 valence electrons. The van der Waals surface area contributed by atoms with Gasteiger partial charge in [-0.2, -0.15) is 0 Å². The number of carbonyl (C=O) groups is 1. The fourth-order valence-corrected chi connectivity index (χ4v) is 2.52. The summed E-state index contributed by atoms with van der Waals surface area (Å²) in [5.41, 5.74) is 0.894. The smallest absolute Gasteiger partial charge is 0.224 e. The molecule has 2 rings (SSSR count). The molecule has 1 fully saturated rings. The quantitative estimate of drug-likeness (QED) is 0.928. The van der Waals surface area contributed by atoms with Gasteiger partial charge in [-0.3, -0.25) is 4.79 Å². The van der Waals surface area contributed by atoms with Gasteiger partial charge in [-0.1, -0.05) is 30.3 Å². The van der Waals surface area contributed by atoms with Crippen molar-refractivity contribution in [2.45, 2.75) is 31.9 Å². The molecule has 21 heavy (non-hydrogen) atoms. The Hall–Kier alpha value is -1.10. The van der Waals surface area contributed by atoms with Crippen molar-refractivity contribution in [2.24, 2.45) is 0 Å². The van der Waals surface area contributed by atoms with E-state index in [-0.39, 0.29) is 30.0 Å². The predicted octanol–water partition coefficient (Wildman–Crippen LogP) is 2.40. The van der Waals surface area contributed by atoms with E-state index in [1.807, 2.05) is 30.1 Å². The molecule has 1 N–H and O–H groups in total. The average Bonchev–Trinajstić information content (AvgIpc) is 2.45. The molecule has 5 heteroatoms. The first kappa shape index (κ1) is 18.0. The molecular weight excluding hydrogens is 288 g/mol. The van der Waals surface area contributed by atoms with Crippen LogP contribution in [0.5, 0.6) is 0 Å². The van der Waals surface area contributed by atoms with Gasteiger partial charge >= 0.3 is 0 Å². The van der Waals surface area contributed by atoms with E-state index in [0.717, 1.165) is 5.56 Å². The number of morpholine rings is 1. The molecule has 1 aromatic carbocycles. The number of nitrogens with zero attached hydrogens (tertiary/aromatic N) is 1. The molecule has 0 bridgehead atoms. The molecule has 0 aromatic heterocycles. The minimum absolute atomic E-state index is 0. The van der Waals surface area contributed by atoms with E-state index in [2.05, 4.69) is 31.3 Å². The Morgan fingerprint density at radius 1 is 1.38 bits per heavy atom. The summed E-state index contributed by atoms with van der Waals surface area (Å²) in [5.74, 6) is 0.189. The molecule has 1 amide bonds. The van der Waals surface area contributed by atoms with Gasteiger partial charge in [0, 0.05) is 13.0 Å². The second-order valence-corrected chi connectivity index (χ2v) is 5.88. The maximum Gasteiger partial charge on any atom is 0.224 e. The maximum absolute atomic E-state index is 12.4. The third kappa shape index (κ3) is 4.43. The topological polar surface area (TPSA) is 41.6 Å². The first-order chi connectivity index (χ1) is 9.54. The van der Waals surface area contributed by atoms with Crippen LogP contribution in [0, 0.1) is 0 Å². The molecule has 1 atom stereocenters. The Morgan fingerprint density at radius 3 is 2.67 bits per heavy atom. The van der Waals surface area contributed by atoms with Gasteiger partial charge in [0.2, 0.25) is 5.91 Å². The van der Waals surface area contributed by atoms with Crippen LogP contribution in [0.4, 0.5) is 0 Å². The molecule has 1 aliphatic rings. The standard InChI is InChI=1S/C16H24N2O2.ClH/c1-16(2)12-20-14(13-7-5-4-6-8-13)11-18(16)15(19)9-10-17-3;/h4-8,14,17H,9-12H2,1-3H3;1H. The summed E-state index contributed by atoms with van der Waals surface area (Å²) in [6.45, 7) is 6.02. The summed E-state index contributed by atoms with van der Waals surface area (Å²) >= 11 is 0. The van der Waals surface area contributed by atoms with Crippen molar-refractivity contribution >= 4 is 18.3 Å². The van der Waals surface area contributed by atoms with Gasteiger partial charge in [0.15, 0.2) is 0 Å². The molecule has 1 saturated heterocycles. The minimum Gasteiger partial charge on any atom is -0.369 e. The third-order valence-corrected chi connectivity index (χ3v) is 3.78. The number of hydrogen-bond acceptors (Lipinski definition) is 3. The van der Waals surface area contributed by atoms with Gasteiger partial charge in [-0.25, -0.2) is 0 Å². The van der Waals surface area contributed by atoms with Gasteiger partial charge in [0.1, 0.15) is 6.10 Å². The summed E-state index contributed by atoms with van der Waals surface area (Å²) in [6.07, 6.45) is 0.504. The van der Waals surface area contributed by atoms with E-state index in [4.69, 9.17) is 4.74 Å². The number of ether oxygens (including phenoxy) is 1. The van der Waals surface area contributed by atoms with Crippen molar-refractivity contribution in [3.8, 4) is 0 Å². The molecule has 1 unspecified atom stereocenters. The highest BCUT2D eigenvalue weighted by Gasteiger charge is 2.38. The van der Waals surface area contributed by atoms with Gasteiger partial charge < -0.3 is 15.0 Å². The first-order valence-electron chi connectivity index (χ1n) is 7.16. The number of halogens is 1. The van der Waals surface area contributed by atoms with E-state index in [1.165, 1.54) is 0 Å². The number of nitrogens with one attached hydrogen (secondary N) is 1. The zero-order chi connectivity index (χ0) is 14.6. The highest BCUT2D eigenvalue weighted by atomic mass is 35.5. The Bertz CT molecular complexity index is 451. The van der Waals surface area contributed by atoms with E-state index < -0.39 is 0 Å². The van der Waals surface area contributed by atoms with E-state index in [0.29, 0.717) is 26.1 Å². The summed E-state index contributed by atoms with van der Waals surface area (Å²) in [4.78, 5) is 14.3. The Morgan fingerprint density at radius 2 is 2.05 bits per heavy atom. The number of rotatable bonds is 4. The molecule has 0 radical (unpaired) electrons. The predicted molar refractivity (Wildman–Crippen MR) is 86.7 cm³/mol. The number of hydrogen-bond donors (Lipinski definition) is 1. The molecule has 0 spiro atoms. The fourth-order valence-electron chi connectivity index (χ4n) is 2.52. The zero-order valence-corrected chi connectivity index (χ0v) is 13.8. The van der Waals surface area contributed by atoms with Gasteiger partial charge in [-0.15, -0.1) is 12.4 Å². The lowest BCUT2D eigenvalue weighted by atomic mass is 9.97. The van der Waals surface area contributed by atoms with Gasteiger partial charge in [0.25, 0.3) is 0 Å². The van der Waals surface area contributed by atoms with E-state index in [1.54, 1.807) is 0 Å². The fraction of sp³-hybridized carbons (Fsp3) is 0.562. The Labute approximate surface area is 133 Å². The molecule has 4 nitrogen and oxygen atoms in total. The highest BCUT2D eigenvalue weighted by Crippen LogP contribution is 2.30. The van der Waals surface area contributed by atoms with Crippen molar-refractivity contribution in [2.75, 3.05) is 26.7 Å². The molecule has 1 aliphatic heterocycles. The summed E-state index contributed by atoms with van der Waals surface area (Å²) < 4.78 is 5.95. The molecule has 1 heterocycles. The van der Waals surface area contributed by atoms with Crippen molar-refractivity contribution in [3.05, 3.63) is 35.9 Å². The molecular formula is C16H25ClN2O2. The van der Waals surface area contributed by atoms with Crippen LogP contribution in [-0.2, 0) is 9.53 Å². The lowest BCUT2D eigenvalue weighted by molar-refractivity contribution is -0.154. The Kier molecular flexibility index (Phi) is 6.65. The minimum atomic E-state index is -0.240. The highest BCUT2D eigenvalue weighted by molar-refractivity contribution is 5.85. The monoisotopic (exact) mass is 312 g/mol. The van der Waals surface area contributed by atoms with E-state index >= 15 is 0 Å². The van der Waals surface area contributed by atoms with E-state index in [9.17, 15) is 4.79 Å². The summed E-state index contributed by atoms with van der Waals surface area (Å²) in [7, 11) is 1.87. The van der Waals surface area contributed by atoms with Crippen LogP contribution >= 0.6 is 12.4 Å². The SMILES string of the molecule is CNCCC(=O)N1CC(c2ccccc2)OCC1(C)C.Cl. The maximum atomic E-state index is 12.4. The van der Waals surface area contributed by atoms with Crippen LogP contribution < -0.4 is 5.32 Å². The Balaban J connectivity index is 0.00000220. The molecule has 1 aromatic rings. The van der Waals surface area contributed by atoms with Crippen LogP contribution in [0.1, 0.15) is 31.9 Å². The largest absolute Gasteiger partial charge is 0.369 e. The number of benzene rings is 1. The van der Waals surface area contributed by atoms with Gasteiger partial charge in [-0.05, 0) is 26.5 Å². The average molecular weight is 313 g/mol. The number of carbonyl (C=O) groups excluding carboxylic acids is 1. The van der Waals surface area contributed by atoms with Crippen LogP contribution in [-0.4, -0.2) is 43.1 Å². The summed E-state index contributed by atoms with van der Waals surface area (Å²) in [5, 5.41) is 3.03. The lowest BCUT2D eigenvalue weighted by Crippen LogP contribution is -2.56. The van der Waals surface area contributed by atoms with Crippen molar-refractivity contribution in [3.63, 3.8) is 0 Å². The first-order valence-corrected chi connectivity index (χ1v) is 7.16. The third-order valence-electron chi connectivity index (χ3n) is 3.78. The van der Waals surface area contributed by atoms with Crippen LogP contribution in [0.25, 0.3) is 0 Å². The van der Waals surface area contributed by atoms with Crippen molar-refractivity contribution in [1.29, 1.82) is 0 Å². The second-order valence-electron chi connectivity index (χ2n) is 5.88. The molecule has 0 saturated carbocycles. The summed E-state index contributed by atoms with van der Waals surface area (Å²) in [6, 6.07) is 10.1. The van der Waals surface area contributed by atoms with Crippen LogP contribution in [0.15, 0.2) is 30.3 Å². The van der Waals surface area contributed by atoms with Crippen molar-refractivity contribution in [1.82, 2.24) is 10.2 Å². The van der Waals surface area contributed by atoms with Gasteiger partial charge in [0.05, 0.1) is 18.7 Å². The van der Waals surface area contributed by atoms with Crippen molar-refractivity contribution < 1.29 is 9.53 Å². The second kappa shape index (κ2) is 7.78. The lowest BCUT2D eigenvalue weighted by Gasteiger charge is -2.45. The molecule has 0 aliphatic carbocycles. The normalized spacial score (nSPS) is 20.7. The zero-order valence-electron chi connectivity index (χ0n) is 13.0. The van der Waals surface area contributed by atoms with Crippen LogP contribution in [0.2, 0.25) is 0 Å². The van der Waals surface area contributed by atoms with Crippen LogP contribution in [0.3, 0.4) is 0 Å².